The number of carbonyl (C=O) groups excluding carboxylic acids is 3. The predicted octanol–water partition coefficient (Wildman–Crippen LogP) is 1.31. The highest BCUT2D eigenvalue weighted by Crippen LogP contribution is 2.31. The van der Waals surface area contributed by atoms with E-state index in [-0.39, 0.29) is 16.9 Å². The molecule has 0 aromatic heterocycles. The minimum Gasteiger partial charge on any atom is -0.285 e. The van der Waals surface area contributed by atoms with Crippen molar-refractivity contribution in [2.24, 2.45) is 0 Å². The second-order valence-corrected chi connectivity index (χ2v) is 5.10. The zero-order valence-electron chi connectivity index (χ0n) is 8.88. The van der Waals surface area contributed by atoms with Crippen LogP contribution < -0.4 is 0 Å². The average molecular weight is 247 g/mol. The molecule has 1 atom stereocenters. The molecular formula is C12H9NO3S. The van der Waals surface area contributed by atoms with Crippen LogP contribution in [-0.4, -0.2) is 33.6 Å². The van der Waals surface area contributed by atoms with Crippen LogP contribution in [0.1, 0.15) is 27.1 Å². The number of thioether (sulfide) groups is 1. The molecule has 2 aliphatic heterocycles. The van der Waals surface area contributed by atoms with Gasteiger partial charge >= 0.3 is 0 Å². The fraction of sp³-hybridized carbons (Fsp3) is 0.250. The Morgan fingerprint density at radius 2 is 1.65 bits per heavy atom. The maximum atomic E-state index is 12.1. The molecule has 86 valence electrons. The van der Waals surface area contributed by atoms with E-state index in [0.29, 0.717) is 23.3 Å². The minimum atomic E-state index is -0.576. The van der Waals surface area contributed by atoms with Gasteiger partial charge in [-0.25, -0.2) is 0 Å². The van der Waals surface area contributed by atoms with Crippen molar-refractivity contribution in [1.82, 2.24) is 4.90 Å². The Kier molecular flexibility index (Phi) is 2.29. The van der Waals surface area contributed by atoms with Crippen LogP contribution in [0.5, 0.6) is 0 Å². The number of hydrogen-bond acceptors (Lipinski definition) is 4. The van der Waals surface area contributed by atoms with Crippen molar-refractivity contribution in [3.63, 3.8) is 0 Å². The van der Waals surface area contributed by atoms with E-state index in [1.54, 1.807) is 24.3 Å². The number of imide groups is 1. The monoisotopic (exact) mass is 247 g/mol. The van der Waals surface area contributed by atoms with Gasteiger partial charge in [0.25, 0.3) is 11.8 Å². The lowest BCUT2D eigenvalue weighted by Gasteiger charge is -2.19. The fourth-order valence-electron chi connectivity index (χ4n) is 2.21. The smallest absolute Gasteiger partial charge is 0.262 e. The molecule has 2 amide bonds. The highest BCUT2D eigenvalue weighted by atomic mass is 32.2. The maximum absolute atomic E-state index is 12.1. The summed E-state index contributed by atoms with van der Waals surface area (Å²) in [4.78, 5) is 36.9. The molecule has 0 radical (unpaired) electrons. The molecule has 17 heavy (non-hydrogen) atoms. The SMILES string of the molecule is O=C1SCC[C@H]1N1C(=O)c2ccccc2C1=O. The Morgan fingerprint density at radius 3 is 2.12 bits per heavy atom. The van der Waals surface area contributed by atoms with Crippen molar-refractivity contribution in [3.05, 3.63) is 35.4 Å². The highest BCUT2D eigenvalue weighted by Gasteiger charge is 2.44. The predicted molar refractivity (Wildman–Crippen MR) is 62.8 cm³/mol. The van der Waals surface area contributed by atoms with Crippen LogP contribution in [0.4, 0.5) is 0 Å². The molecule has 5 heteroatoms. The number of nitrogens with zero attached hydrogens (tertiary/aromatic N) is 1. The van der Waals surface area contributed by atoms with Crippen molar-refractivity contribution < 1.29 is 14.4 Å². The molecule has 0 spiro atoms. The van der Waals surface area contributed by atoms with Crippen molar-refractivity contribution in [1.29, 1.82) is 0 Å². The lowest BCUT2D eigenvalue weighted by molar-refractivity contribution is -0.113. The van der Waals surface area contributed by atoms with Gasteiger partial charge in [0.2, 0.25) is 5.12 Å². The normalized spacial score (nSPS) is 23.4. The Labute approximate surface area is 102 Å². The van der Waals surface area contributed by atoms with Crippen LogP contribution in [-0.2, 0) is 4.79 Å². The van der Waals surface area contributed by atoms with Gasteiger partial charge in [-0.05, 0) is 18.6 Å². The summed E-state index contributed by atoms with van der Waals surface area (Å²) < 4.78 is 0. The van der Waals surface area contributed by atoms with Crippen molar-refractivity contribution in [2.45, 2.75) is 12.5 Å². The first-order valence-electron chi connectivity index (χ1n) is 5.33. The quantitative estimate of drug-likeness (QED) is 0.702. The third-order valence-corrected chi connectivity index (χ3v) is 4.04. The van der Waals surface area contributed by atoms with E-state index >= 15 is 0 Å². The van der Waals surface area contributed by atoms with E-state index in [9.17, 15) is 14.4 Å². The molecule has 1 aromatic rings. The van der Waals surface area contributed by atoms with E-state index in [2.05, 4.69) is 0 Å². The molecular weight excluding hydrogens is 238 g/mol. The van der Waals surface area contributed by atoms with Gasteiger partial charge in [0.05, 0.1) is 11.1 Å². The molecule has 0 bridgehead atoms. The number of benzene rings is 1. The van der Waals surface area contributed by atoms with E-state index in [4.69, 9.17) is 0 Å². The van der Waals surface area contributed by atoms with E-state index in [1.165, 1.54) is 11.8 Å². The van der Waals surface area contributed by atoms with Crippen LogP contribution in [0.3, 0.4) is 0 Å². The second kappa shape index (κ2) is 3.70. The standard InChI is InChI=1S/C12H9NO3S/c14-10-7-3-1-2-4-8(7)11(15)13(10)9-5-6-17-12(9)16/h1-4,9H,5-6H2/t9-/m1/s1. The van der Waals surface area contributed by atoms with Gasteiger partial charge in [-0.1, -0.05) is 23.9 Å². The fourth-order valence-corrected chi connectivity index (χ4v) is 3.17. The molecule has 2 heterocycles. The Morgan fingerprint density at radius 1 is 1.06 bits per heavy atom. The zero-order valence-corrected chi connectivity index (χ0v) is 9.70. The molecule has 0 saturated carbocycles. The van der Waals surface area contributed by atoms with Gasteiger partial charge in [0, 0.05) is 5.75 Å². The molecule has 0 aliphatic carbocycles. The molecule has 1 fully saturated rings. The van der Waals surface area contributed by atoms with Crippen LogP contribution in [0, 0.1) is 0 Å². The lowest BCUT2D eigenvalue weighted by Crippen LogP contribution is -2.41. The average Bonchev–Trinajstić information content (AvgIpc) is 2.84. The number of rotatable bonds is 1. The summed E-state index contributed by atoms with van der Waals surface area (Å²) in [5, 5.41) is -0.0838. The van der Waals surface area contributed by atoms with Gasteiger partial charge in [-0.3, -0.25) is 19.3 Å². The van der Waals surface area contributed by atoms with Crippen molar-refractivity contribution in [2.75, 3.05) is 5.75 Å². The van der Waals surface area contributed by atoms with Crippen LogP contribution in [0.15, 0.2) is 24.3 Å². The van der Waals surface area contributed by atoms with E-state index in [1.807, 2.05) is 0 Å². The maximum Gasteiger partial charge on any atom is 0.262 e. The molecule has 3 rings (SSSR count). The molecule has 4 nitrogen and oxygen atoms in total. The first-order valence-corrected chi connectivity index (χ1v) is 6.32. The highest BCUT2D eigenvalue weighted by molar-refractivity contribution is 8.14. The summed E-state index contributed by atoms with van der Waals surface area (Å²) in [5.41, 5.74) is 0.810. The van der Waals surface area contributed by atoms with Crippen LogP contribution in [0.2, 0.25) is 0 Å². The topological polar surface area (TPSA) is 54.5 Å². The van der Waals surface area contributed by atoms with Crippen LogP contribution >= 0.6 is 11.8 Å². The van der Waals surface area contributed by atoms with Gasteiger partial charge in [0.15, 0.2) is 0 Å². The molecule has 0 unspecified atom stereocenters. The van der Waals surface area contributed by atoms with Gasteiger partial charge in [0.1, 0.15) is 6.04 Å². The molecule has 1 aromatic carbocycles. The first kappa shape index (κ1) is 10.5. The third kappa shape index (κ3) is 1.42. The Balaban J connectivity index is 2.03. The second-order valence-electron chi connectivity index (χ2n) is 4.00. The summed E-state index contributed by atoms with van der Waals surface area (Å²) in [6.07, 6.45) is 0.564. The summed E-state index contributed by atoms with van der Waals surface area (Å²) in [5.74, 6) is -0.00501. The third-order valence-electron chi connectivity index (χ3n) is 3.04. The summed E-state index contributed by atoms with van der Waals surface area (Å²) in [6, 6.07) is 6.12. The number of fused-ring (bicyclic) bond motifs is 1. The molecule has 1 saturated heterocycles. The minimum absolute atomic E-state index is 0.0838. The van der Waals surface area contributed by atoms with Gasteiger partial charge in [-0.2, -0.15) is 0 Å². The summed E-state index contributed by atoms with van der Waals surface area (Å²) in [6.45, 7) is 0. The largest absolute Gasteiger partial charge is 0.285 e. The lowest BCUT2D eigenvalue weighted by atomic mass is 10.1. The van der Waals surface area contributed by atoms with Gasteiger partial charge in [-0.15, -0.1) is 0 Å². The summed E-state index contributed by atoms with van der Waals surface area (Å²) >= 11 is 1.19. The zero-order chi connectivity index (χ0) is 12.0. The van der Waals surface area contributed by atoms with E-state index in [0.717, 1.165) is 4.90 Å². The van der Waals surface area contributed by atoms with Crippen LogP contribution in [0.25, 0.3) is 0 Å². The number of hydrogen-bond donors (Lipinski definition) is 0. The Bertz CT molecular complexity index is 505. The van der Waals surface area contributed by atoms with Gasteiger partial charge < -0.3 is 0 Å². The number of carbonyl (C=O) groups is 3. The van der Waals surface area contributed by atoms with Crippen molar-refractivity contribution >= 4 is 28.7 Å². The Hall–Kier alpha value is -1.62. The van der Waals surface area contributed by atoms with Crippen molar-refractivity contribution in [3.8, 4) is 0 Å². The van der Waals surface area contributed by atoms with E-state index < -0.39 is 6.04 Å². The molecule has 0 N–H and O–H groups in total. The summed E-state index contributed by atoms with van der Waals surface area (Å²) in [7, 11) is 0. The molecule has 2 aliphatic rings. The number of amides is 2. The first-order chi connectivity index (χ1) is 8.20.